The molecule has 0 atom stereocenters. The maximum absolute atomic E-state index is 5.72. The Morgan fingerprint density at radius 3 is 2.59 bits per heavy atom. The molecule has 0 saturated carbocycles. The Labute approximate surface area is 109 Å². The van der Waals surface area contributed by atoms with Crippen molar-refractivity contribution in [3.63, 3.8) is 0 Å². The summed E-state index contributed by atoms with van der Waals surface area (Å²) in [7, 11) is 2.05. The van der Waals surface area contributed by atoms with E-state index in [1.54, 1.807) is 12.4 Å². The van der Waals surface area contributed by atoms with E-state index in [1.807, 2.05) is 30.3 Å². The van der Waals surface area contributed by atoms with E-state index < -0.39 is 0 Å². The average molecular weight is 292 g/mol. The second-order valence-electron chi connectivity index (χ2n) is 3.92. The standard InChI is InChI=1S/C13H14BrN3/c1-17(9-10-4-6-16-7-5-10)13-3-2-11(15)8-12(13)14/h2-8H,9,15H2,1H3. The van der Waals surface area contributed by atoms with Crippen molar-refractivity contribution in [1.29, 1.82) is 0 Å². The van der Waals surface area contributed by atoms with Crippen molar-refractivity contribution >= 4 is 27.3 Å². The lowest BCUT2D eigenvalue weighted by Gasteiger charge is -2.21. The molecule has 0 saturated heterocycles. The summed E-state index contributed by atoms with van der Waals surface area (Å²) >= 11 is 3.53. The molecule has 4 heteroatoms. The van der Waals surface area contributed by atoms with Gasteiger partial charge in [-0.25, -0.2) is 0 Å². The number of halogens is 1. The van der Waals surface area contributed by atoms with Gasteiger partial charge in [-0.15, -0.1) is 0 Å². The summed E-state index contributed by atoms with van der Waals surface area (Å²) in [6.45, 7) is 0.838. The first-order chi connectivity index (χ1) is 8.16. The van der Waals surface area contributed by atoms with Crippen LogP contribution in [0.2, 0.25) is 0 Å². The van der Waals surface area contributed by atoms with Crippen LogP contribution in [0.4, 0.5) is 11.4 Å². The van der Waals surface area contributed by atoms with Crippen LogP contribution in [0.1, 0.15) is 5.56 Å². The zero-order valence-corrected chi connectivity index (χ0v) is 11.2. The molecule has 2 N–H and O–H groups in total. The lowest BCUT2D eigenvalue weighted by Crippen LogP contribution is -2.16. The molecule has 0 bridgehead atoms. The van der Waals surface area contributed by atoms with Gasteiger partial charge in [0.15, 0.2) is 0 Å². The highest BCUT2D eigenvalue weighted by Crippen LogP contribution is 2.28. The predicted octanol–water partition coefficient (Wildman–Crippen LogP) is 3.06. The van der Waals surface area contributed by atoms with Crippen molar-refractivity contribution in [2.45, 2.75) is 6.54 Å². The minimum Gasteiger partial charge on any atom is -0.399 e. The lowest BCUT2D eigenvalue weighted by molar-refractivity contribution is 0.917. The Kier molecular flexibility index (Phi) is 3.64. The van der Waals surface area contributed by atoms with Crippen LogP contribution in [0, 0.1) is 0 Å². The summed E-state index contributed by atoms with van der Waals surface area (Å²) in [4.78, 5) is 6.18. The molecule has 3 nitrogen and oxygen atoms in total. The fraction of sp³-hybridized carbons (Fsp3) is 0.154. The van der Waals surface area contributed by atoms with E-state index >= 15 is 0 Å². The quantitative estimate of drug-likeness (QED) is 0.884. The van der Waals surface area contributed by atoms with E-state index in [0.29, 0.717) is 0 Å². The van der Waals surface area contributed by atoms with Gasteiger partial charge in [-0.2, -0.15) is 0 Å². The fourth-order valence-electron chi connectivity index (χ4n) is 1.68. The Hall–Kier alpha value is -1.55. The number of hydrogen-bond donors (Lipinski definition) is 1. The van der Waals surface area contributed by atoms with Crippen molar-refractivity contribution < 1.29 is 0 Å². The van der Waals surface area contributed by atoms with Crippen LogP contribution in [0.3, 0.4) is 0 Å². The van der Waals surface area contributed by atoms with Crippen LogP contribution in [0.5, 0.6) is 0 Å². The average Bonchev–Trinajstić information content (AvgIpc) is 2.30. The van der Waals surface area contributed by atoms with Gasteiger partial charge in [-0.3, -0.25) is 4.98 Å². The SMILES string of the molecule is CN(Cc1ccncc1)c1ccc(N)cc1Br. The molecule has 0 amide bonds. The van der Waals surface area contributed by atoms with E-state index in [0.717, 1.165) is 22.4 Å². The van der Waals surface area contributed by atoms with Crippen LogP contribution < -0.4 is 10.6 Å². The Bertz CT molecular complexity index is 499. The maximum atomic E-state index is 5.72. The molecule has 0 spiro atoms. The molecule has 0 unspecified atom stereocenters. The summed E-state index contributed by atoms with van der Waals surface area (Å²) in [5, 5.41) is 0. The second kappa shape index (κ2) is 5.19. The van der Waals surface area contributed by atoms with Crippen molar-refractivity contribution in [1.82, 2.24) is 4.98 Å². The molecule has 17 heavy (non-hydrogen) atoms. The van der Waals surface area contributed by atoms with Gasteiger partial charge in [-0.05, 0) is 51.8 Å². The minimum atomic E-state index is 0.762. The number of rotatable bonds is 3. The van der Waals surface area contributed by atoms with E-state index in [2.05, 4.69) is 32.9 Å². The molecule has 1 aromatic carbocycles. The van der Waals surface area contributed by atoms with Crippen LogP contribution >= 0.6 is 15.9 Å². The summed E-state index contributed by atoms with van der Waals surface area (Å²) in [5.74, 6) is 0. The van der Waals surface area contributed by atoms with E-state index in [-0.39, 0.29) is 0 Å². The van der Waals surface area contributed by atoms with Crippen molar-refractivity contribution in [3.05, 3.63) is 52.8 Å². The number of benzene rings is 1. The molecule has 88 valence electrons. The first kappa shape index (κ1) is 11.9. The molecule has 2 aromatic rings. The third-order valence-corrected chi connectivity index (χ3v) is 3.19. The Morgan fingerprint density at radius 1 is 1.24 bits per heavy atom. The zero-order chi connectivity index (χ0) is 12.3. The number of aromatic nitrogens is 1. The molecule has 1 aromatic heterocycles. The van der Waals surface area contributed by atoms with Gasteiger partial charge >= 0.3 is 0 Å². The van der Waals surface area contributed by atoms with Crippen LogP contribution in [-0.4, -0.2) is 12.0 Å². The van der Waals surface area contributed by atoms with Crippen LogP contribution in [0.25, 0.3) is 0 Å². The van der Waals surface area contributed by atoms with E-state index in [9.17, 15) is 0 Å². The van der Waals surface area contributed by atoms with Gasteiger partial charge in [0, 0.05) is 36.1 Å². The Balaban J connectivity index is 2.17. The van der Waals surface area contributed by atoms with Gasteiger partial charge < -0.3 is 10.6 Å². The van der Waals surface area contributed by atoms with Gasteiger partial charge in [0.05, 0.1) is 5.69 Å². The molecule has 2 rings (SSSR count). The predicted molar refractivity (Wildman–Crippen MR) is 74.9 cm³/mol. The normalized spacial score (nSPS) is 10.2. The third-order valence-electron chi connectivity index (χ3n) is 2.55. The molecule has 0 aliphatic rings. The number of hydrogen-bond acceptors (Lipinski definition) is 3. The van der Waals surface area contributed by atoms with Gasteiger partial charge in [0.2, 0.25) is 0 Å². The van der Waals surface area contributed by atoms with Crippen molar-refractivity contribution in [3.8, 4) is 0 Å². The van der Waals surface area contributed by atoms with Crippen molar-refractivity contribution in [2.24, 2.45) is 0 Å². The molecular formula is C13H14BrN3. The number of anilines is 2. The van der Waals surface area contributed by atoms with Gasteiger partial charge in [0.1, 0.15) is 0 Å². The summed E-state index contributed by atoms with van der Waals surface area (Å²) in [6.07, 6.45) is 3.61. The van der Waals surface area contributed by atoms with Crippen LogP contribution in [-0.2, 0) is 6.54 Å². The fourth-order valence-corrected chi connectivity index (χ4v) is 2.38. The largest absolute Gasteiger partial charge is 0.399 e. The van der Waals surface area contributed by atoms with E-state index in [4.69, 9.17) is 5.73 Å². The third kappa shape index (κ3) is 2.97. The van der Waals surface area contributed by atoms with Gasteiger partial charge in [-0.1, -0.05) is 0 Å². The summed E-state index contributed by atoms with van der Waals surface area (Å²) in [5.41, 5.74) is 8.83. The zero-order valence-electron chi connectivity index (χ0n) is 9.60. The molecule has 1 heterocycles. The monoisotopic (exact) mass is 291 g/mol. The molecular weight excluding hydrogens is 278 g/mol. The van der Waals surface area contributed by atoms with E-state index in [1.165, 1.54) is 5.56 Å². The molecule has 0 radical (unpaired) electrons. The highest BCUT2D eigenvalue weighted by molar-refractivity contribution is 9.10. The number of nitrogen functional groups attached to an aromatic ring is 1. The summed E-state index contributed by atoms with van der Waals surface area (Å²) < 4.78 is 1.01. The van der Waals surface area contributed by atoms with Crippen molar-refractivity contribution in [2.75, 3.05) is 17.7 Å². The molecule has 0 aliphatic carbocycles. The molecule has 0 aliphatic heterocycles. The molecule has 0 fully saturated rings. The minimum absolute atomic E-state index is 0.762. The first-order valence-corrected chi connectivity index (χ1v) is 6.11. The maximum Gasteiger partial charge on any atom is 0.0512 e. The number of nitrogens with two attached hydrogens (primary N) is 1. The highest BCUT2D eigenvalue weighted by Gasteiger charge is 2.06. The number of pyridine rings is 1. The smallest absolute Gasteiger partial charge is 0.0512 e. The Morgan fingerprint density at radius 2 is 1.94 bits per heavy atom. The van der Waals surface area contributed by atoms with Gasteiger partial charge in [0.25, 0.3) is 0 Å². The second-order valence-corrected chi connectivity index (χ2v) is 4.78. The summed E-state index contributed by atoms with van der Waals surface area (Å²) in [6, 6.07) is 9.87. The topological polar surface area (TPSA) is 42.2 Å². The highest BCUT2D eigenvalue weighted by atomic mass is 79.9. The first-order valence-electron chi connectivity index (χ1n) is 5.32. The van der Waals surface area contributed by atoms with Crippen LogP contribution in [0.15, 0.2) is 47.2 Å². The lowest BCUT2D eigenvalue weighted by atomic mass is 10.2. The number of nitrogens with zero attached hydrogens (tertiary/aromatic N) is 2.